The normalized spacial score (nSPS) is 21.8. The van der Waals surface area contributed by atoms with Crippen molar-refractivity contribution in [3.8, 4) is 0 Å². The molecule has 1 amide bonds. The molecule has 2 unspecified atom stereocenters. The third-order valence-electron chi connectivity index (χ3n) is 4.26. The van der Waals surface area contributed by atoms with Crippen molar-refractivity contribution >= 4 is 11.9 Å². The first-order chi connectivity index (χ1) is 11.0. The molecule has 23 heavy (non-hydrogen) atoms. The van der Waals surface area contributed by atoms with Gasteiger partial charge in [0.05, 0.1) is 12.5 Å². The maximum atomic E-state index is 12.0. The minimum Gasteiger partial charge on any atom is -0.481 e. The molecule has 2 N–H and O–H groups in total. The Morgan fingerprint density at radius 2 is 2.00 bits per heavy atom. The van der Waals surface area contributed by atoms with Crippen LogP contribution in [0.5, 0.6) is 0 Å². The molecule has 0 aromatic heterocycles. The van der Waals surface area contributed by atoms with Gasteiger partial charge in [-0.15, -0.1) is 0 Å². The van der Waals surface area contributed by atoms with Gasteiger partial charge < -0.3 is 10.4 Å². The van der Waals surface area contributed by atoms with Gasteiger partial charge in [-0.2, -0.15) is 0 Å². The lowest BCUT2D eigenvalue weighted by Crippen LogP contribution is -2.46. The summed E-state index contributed by atoms with van der Waals surface area (Å²) in [6.45, 7) is 4.25. The van der Waals surface area contributed by atoms with Gasteiger partial charge in [-0.25, -0.2) is 0 Å². The Bertz CT molecular complexity index is 518. The van der Waals surface area contributed by atoms with Crippen molar-refractivity contribution in [1.29, 1.82) is 0 Å². The molecule has 0 bridgehead atoms. The van der Waals surface area contributed by atoms with Gasteiger partial charge in [0.25, 0.3) is 0 Å². The van der Waals surface area contributed by atoms with Gasteiger partial charge in [0.1, 0.15) is 0 Å². The number of hydrogen-bond donors (Lipinski definition) is 2. The molecular formula is C18H26N2O3. The average Bonchev–Trinajstić information content (AvgIpc) is 2.52. The number of aliphatic carboxylic acids is 1. The fourth-order valence-electron chi connectivity index (χ4n) is 3.19. The Hall–Kier alpha value is -1.88. The second-order valence-electron chi connectivity index (χ2n) is 6.51. The maximum Gasteiger partial charge on any atom is 0.307 e. The van der Waals surface area contributed by atoms with E-state index in [1.165, 1.54) is 5.56 Å². The number of hydrogen-bond acceptors (Lipinski definition) is 3. The Morgan fingerprint density at radius 1 is 1.26 bits per heavy atom. The summed E-state index contributed by atoms with van der Waals surface area (Å²) in [5.41, 5.74) is 1.27. The van der Waals surface area contributed by atoms with Crippen molar-refractivity contribution in [2.45, 2.75) is 26.2 Å². The SMILES string of the molecule is CC1CC(C(=O)O)CN(CC(=O)NCCCc2ccccc2)C1. The highest BCUT2D eigenvalue weighted by atomic mass is 16.4. The van der Waals surface area contributed by atoms with Crippen LogP contribution >= 0.6 is 0 Å². The molecule has 1 aliphatic heterocycles. The van der Waals surface area contributed by atoms with E-state index < -0.39 is 5.97 Å². The van der Waals surface area contributed by atoms with Crippen LogP contribution in [-0.4, -0.2) is 48.1 Å². The fraction of sp³-hybridized carbons (Fsp3) is 0.556. The van der Waals surface area contributed by atoms with Gasteiger partial charge in [-0.3, -0.25) is 14.5 Å². The van der Waals surface area contributed by atoms with E-state index in [1.807, 2.05) is 30.0 Å². The van der Waals surface area contributed by atoms with Crippen LogP contribution < -0.4 is 5.32 Å². The summed E-state index contributed by atoms with van der Waals surface area (Å²) in [4.78, 5) is 25.1. The minimum absolute atomic E-state index is 0.0173. The summed E-state index contributed by atoms with van der Waals surface area (Å²) < 4.78 is 0. The zero-order chi connectivity index (χ0) is 16.7. The Balaban J connectivity index is 1.67. The van der Waals surface area contributed by atoms with Gasteiger partial charge in [0.15, 0.2) is 0 Å². The number of carboxylic acid groups (broad SMARTS) is 1. The molecule has 1 aromatic rings. The first-order valence-electron chi connectivity index (χ1n) is 8.30. The highest BCUT2D eigenvalue weighted by Crippen LogP contribution is 2.21. The number of benzene rings is 1. The molecule has 1 aromatic carbocycles. The Morgan fingerprint density at radius 3 is 2.70 bits per heavy atom. The van der Waals surface area contributed by atoms with Gasteiger partial charge in [0, 0.05) is 19.6 Å². The van der Waals surface area contributed by atoms with Crippen molar-refractivity contribution in [2.75, 3.05) is 26.2 Å². The number of amides is 1. The Kier molecular flexibility index (Phi) is 6.59. The van der Waals surface area contributed by atoms with Crippen molar-refractivity contribution in [3.63, 3.8) is 0 Å². The molecule has 0 spiro atoms. The molecule has 2 rings (SSSR count). The van der Waals surface area contributed by atoms with Gasteiger partial charge >= 0.3 is 5.97 Å². The van der Waals surface area contributed by atoms with E-state index in [1.54, 1.807) is 0 Å². The molecule has 1 fully saturated rings. The second-order valence-corrected chi connectivity index (χ2v) is 6.51. The number of carboxylic acids is 1. The smallest absolute Gasteiger partial charge is 0.307 e. The van der Waals surface area contributed by atoms with Crippen LogP contribution in [0, 0.1) is 11.8 Å². The largest absolute Gasteiger partial charge is 0.481 e. The summed E-state index contributed by atoms with van der Waals surface area (Å²) in [5, 5.41) is 12.1. The number of carbonyl (C=O) groups is 2. The van der Waals surface area contributed by atoms with Crippen LogP contribution in [-0.2, 0) is 16.0 Å². The summed E-state index contributed by atoms with van der Waals surface area (Å²) in [5.74, 6) is -0.818. The van der Waals surface area contributed by atoms with Crippen molar-refractivity contribution in [3.05, 3.63) is 35.9 Å². The van der Waals surface area contributed by atoms with E-state index in [9.17, 15) is 9.59 Å². The predicted molar refractivity (Wildman–Crippen MR) is 89.1 cm³/mol. The molecule has 0 aliphatic carbocycles. The summed E-state index contributed by atoms with van der Waals surface area (Å²) in [7, 11) is 0. The summed E-state index contributed by atoms with van der Waals surface area (Å²) >= 11 is 0. The first kappa shape index (κ1) is 17.5. The predicted octanol–water partition coefficient (Wildman–Crippen LogP) is 1.78. The molecule has 5 nitrogen and oxygen atoms in total. The van der Waals surface area contributed by atoms with Crippen LogP contribution in [0.3, 0.4) is 0 Å². The second kappa shape index (κ2) is 8.67. The highest BCUT2D eigenvalue weighted by molar-refractivity contribution is 5.78. The van der Waals surface area contributed by atoms with Crippen molar-refractivity contribution < 1.29 is 14.7 Å². The minimum atomic E-state index is -0.759. The van der Waals surface area contributed by atoms with E-state index in [0.29, 0.717) is 32.0 Å². The number of rotatable bonds is 7. The molecule has 1 heterocycles. The van der Waals surface area contributed by atoms with Crippen molar-refractivity contribution in [1.82, 2.24) is 10.2 Å². The van der Waals surface area contributed by atoms with Gasteiger partial charge in [-0.05, 0) is 30.7 Å². The third kappa shape index (κ3) is 6.02. The molecule has 1 aliphatic rings. The topological polar surface area (TPSA) is 69.6 Å². The standard InChI is InChI=1S/C18H26N2O3/c1-14-10-16(18(22)23)12-20(11-14)13-17(21)19-9-5-8-15-6-3-2-4-7-15/h2-4,6-7,14,16H,5,8-13H2,1H3,(H,19,21)(H,22,23). The number of nitrogens with zero attached hydrogens (tertiary/aromatic N) is 1. The van der Waals surface area contributed by atoms with Crippen LogP contribution in [0.15, 0.2) is 30.3 Å². The third-order valence-corrected chi connectivity index (χ3v) is 4.26. The molecule has 2 atom stereocenters. The zero-order valence-corrected chi connectivity index (χ0v) is 13.7. The van der Waals surface area contributed by atoms with Gasteiger partial charge in [0.2, 0.25) is 5.91 Å². The van der Waals surface area contributed by atoms with E-state index in [4.69, 9.17) is 5.11 Å². The molecule has 5 heteroatoms. The lowest BCUT2D eigenvalue weighted by Gasteiger charge is -2.34. The van der Waals surface area contributed by atoms with Crippen LogP contribution in [0.1, 0.15) is 25.3 Å². The lowest BCUT2D eigenvalue weighted by molar-refractivity contribution is -0.145. The van der Waals surface area contributed by atoms with Crippen LogP contribution in [0.2, 0.25) is 0 Å². The fourth-order valence-corrected chi connectivity index (χ4v) is 3.19. The summed E-state index contributed by atoms with van der Waals surface area (Å²) in [6.07, 6.45) is 2.55. The summed E-state index contributed by atoms with van der Waals surface area (Å²) in [6, 6.07) is 10.2. The molecule has 0 saturated carbocycles. The lowest BCUT2D eigenvalue weighted by atomic mass is 9.90. The Labute approximate surface area is 137 Å². The van der Waals surface area contributed by atoms with Gasteiger partial charge in [-0.1, -0.05) is 37.3 Å². The number of aryl methyl sites for hydroxylation is 1. The first-order valence-corrected chi connectivity index (χ1v) is 8.30. The van der Waals surface area contributed by atoms with Crippen LogP contribution in [0.25, 0.3) is 0 Å². The monoisotopic (exact) mass is 318 g/mol. The molecule has 126 valence electrons. The van der Waals surface area contributed by atoms with Crippen molar-refractivity contribution in [2.24, 2.45) is 11.8 Å². The highest BCUT2D eigenvalue weighted by Gasteiger charge is 2.30. The molecule has 1 saturated heterocycles. The number of nitrogens with one attached hydrogen (secondary N) is 1. The average molecular weight is 318 g/mol. The van der Waals surface area contributed by atoms with Crippen LogP contribution in [0.4, 0.5) is 0 Å². The van der Waals surface area contributed by atoms with E-state index >= 15 is 0 Å². The van der Waals surface area contributed by atoms with E-state index in [0.717, 1.165) is 19.4 Å². The molecular weight excluding hydrogens is 292 g/mol. The molecule has 0 radical (unpaired) electrons. The zero-order valence-electron chi connectivity index (χ0n) is 13.7. The quantitative estimate of drug-likeness (QED) is 0.752. The number of carbonyl (C=O) groups excluding carboxylic acids is 1. The number of piperidine rings is 1. The van der Waals surface area contributed by atoms with E-state index in [2.05, 4.69) is 17.4 Å². The van der Waals surface area contributed by atoms with E-state index in [-0.39, 0.29) is 11.8 Å². The number of likely N-dealkylation sites (tertiary alicyclic amines) is 1. The maximum absolute atomic E-state index is 12.0.